The van der Waals surface area contributed by atoms with E-state index >= 15 is 0 Å². The summed E-state index contributed by atoms with van der Waals surface area (Å²) in [5, 5.41) is 0. The predicted octanol–water partition coefficient (Wildman–Crippen LogP) is 0.250. The van der Waals surface area contributed by atoms with E-state index in [4.69, 9.17) is 9.47 Å². The van der Waals surface area contributed by atoms with Gasteiger partial charge in [0.1, 0.15) is 13.2 Å². The molecule has 4 rings (SSSR count). The van der Waals surface area contributed by atoms with Crippen molar-refractivity contribution < 1.29 is 23.9 Å². The molecule has 0 aliphatic carbocycles. The number of carbonyl (C=O) groups is 3. The number of anilines is 1. The molecule has 1 aromatic rings. The number of ether oxygens (including phenoxy) is 2. The maximum absolute atomic E-state index is 12.7. The number of piperidine rings is 1. The highest BCUT2D eigenvalue weighted by Crippen LogP contribution is 2.29. The van der Waals surface area contributed by atoms with Gasteiger partial charge in [0.2, 0.25) is 5.91 Å². The fourth-order valence-electron chi connectivity index (χ4n) is 3.60. The van der Waals surface area contributed by atoms with Crippen molar-refractivity contribution in [2.75, 3.05) is 44.3 Å². The first kappa shape index (κ1) is 16.6. The highest BCUT2D eigenvalue weighted by molar-refractivity contribution is 6.01. The van der Waals surface area contributed by atoms with Crippen LogP contribution in [0.5, 0.6) is 5.75 Å². The molecule has 0 spiro atoms. The van der Waals surface area contributed by atoms with Gasteiger partial charge in [0.05, 0.1) is 6.54 Å². The quantitative estimate of drug-likeness (QED) is 0.767. The molecule has 0 atom stereocenters. The largest absolute Gasteiger partial charge is 0.480 e. The number of likely N-dealkylation sites (tertiary alicyclic amines) is 1. The highest BCUT2D eigenvalue weighted by atomic mass is 16.6. The van der Waals surface area contributed by atoms with Gasteiger partial charge in [0.15, 0.2) is 18.2 Å². The van der Waals surface area contributed by atoms with Gasteiger partial charge in [0, 0.05) is 25.3 Å². The van der Waals surface area contributed by atoms with Gasteiger partial charge < -0.3 is 19.3 Å². The van der Waals surface area contributed by atoms with E-state index in [1.54, 1.807) is 28.1 Å². The first-order valence-electron chi connectivity index (χ1n) is 8.73. The van der Waals surface area contributed by atoms with E-state index in [-0.39, 0.29) is 37.1 Å². The van der Waals surface area contributed by atoms with Crippen LogP contribution in [0.3, 0.4) is 0 Å². The second kappa shape index (κ2) is 6.81. The smallest absolute Gasteiger partial charge is 0.410 e. The number of fused-ring (bicyclic) bond motifs is 1. The first-order valence-corrected chi connectivity index (χ1v) is 8.73. The molecule has 3 aliphatic rings. The summed E-state index contributed by atoms with van der Waals surface area (Å²) in [4.78, 5) is 45.5. The number of cyclic esters (lactones) is 1. The van der Waals surface area contributed by atoms with Crippen LogP contribution in [0.15, 0.2) is 18.3 Å². The Morgan fingerprint density at radius 2 is 2.00 bits per heavy atom. The molecular weight excluding hydrogens is 340 g/mol. The van der Waals surface area contributed by atoms with Crippen LogP contribution in [-0.4, -0.2) is 78.1 Å². The average molecular weight is 360 g/mol. The van der Waals surface area contributed by atoms with Gasteiger partial charge >= 0.3 is 6.09 Å². The van der Waals surface area contributed by atoms with Crippen molar-refractivity contribution in [3.63, 3.8) is 0 Å². The van der Waals surface area contributed by atoms with E-state index in [0.717, 1.165) is 0 Å². The van der Waals surface area contributed by atoms with E-state index in [9.17, 15) is 14.4 Å². The van der Waals surface area contributed by atoms with Gasteiger partial charge in [-0.3, -0.25) is 14.5 Å². The molecule has 26 heavy (non-hydrogen) atoms. The summed E-state index contributed by atoms with van der Waals surface area (Å²) in [5.74, 6) is 0.483. The summed E-state index contributed by atoms with van der Waals surface area (Å²) < 4.78 is 10.3. The van der Waals surface area contributed by atoms with Crippen LogP contribution in [0.2, 0.25) is 0 Å². The van der Waals surface area contributed by atoms with Crippen molar-refractivity contribution in [1.82, 2.24) is 14.8 Å². The Hall–Kier alpha value is -2.84. The van der Waals surface area contributed by atoms with Gasteiger partial charge in [-0.1, -0.05) is 0 Å². The van der Waals surface area contributed by atoms with Crippen LogP contribution in [0.4, 0.5) is 10.6 Å². The molecule has 9 nitrogen and oxygen atoms in total. The highest BCUT2D eigenvalue weighted by Gasteiger charge is 2.35. The number of hydrogen-bond donors (Lipinski definition) is 0. The van der Waals surface area contributed by atoms with E-state index in [2.05, 4.69) is 4.98 Å². The van der Waals surface area contributed by atoms with Gasteiger partial charge in [-0.2, -0.15) is 0 Å². The van der Waals surface area contributed by atoms with Crippen molar-refractivity contribution in [3.05, 3.63) is 18.3 Å². The Labute approximate surface area is 150 Å². The van der Waals surface area contributed by atoms with Crippen molar-refractivity contribution in [2.24, 2.45) is 0 Å². The van der Waals surface area contributed by atoms with E-state index in [0.29, 0.717) is 50.7 Å². The number of pyridine rings is 1. The van der Waals surface area contributed by atoms with Crippen molar-refractivity contribution in [1.29, 1.82) is 0 Å². The lowest BCUT2D eigenvalue weighted by atomic mass is 10.0. The molecule has 0 saturated carbocycles. The number of carbonyl (C=O) groups excluding carboxylic acids is 3. The third-order valence-corrected chi connectivity index (χ3v) is 5.00. The summed E-state index contributed by atoms with van der Waals surface area (Å²) in [7, 11) is 0. The Balaban J connectivity index is 1.37. The van der Waals surface area contributed by atoms with Crippen molar-refractivity contribution >= 4 is 23.7 Å². The van der Waals surface area contributed by atoms with Crippen LogP contribution in [0.25, 0.3) is 0 Å². The summed E-state index contributed by atoms with van der Waals surface area (Å²) in [5.41, 5.74) is 0. The number of hydrogen-bond acceptors (Lipinski definition) is 6. The summed E-state index contributed by atoms with van der Waals surface area (Å²) in [6.45, 7) is 2.02. The third-order valence-electron chi connectivity index (χ3n) is 5.00. The molecule has 0 unspecified atom stereocenters. The number of rotatable bonds is 3. The molecule has 3 amide bonds. The molecule has 138 valence electrons. The van der Waals surface area contributed by atoms with E-state index in [1.807, 2.05) is 0 Å². The van der Waals surface area contributed by atoms with Gasteiger partial charge in [-0.05, 0) is 25.0 Å². The Kier molecular flexibility index (Phi) is 4.36. The molecule has 0 aromatic carbocycles. The third kappa shape index (κ3) is 3.04. The fraction of sp³-hybridized carbons (Fsp3) is 0.529. The van der Waals surface area contributed by atoms with Crippen LogP contribution in [0.1, 0.15) is 12.8 Å². The first-order chi connectivity index (χ1) is 12.6. The molecule has 2 fully saturated rings. The second-order valence-corrected chi connectivity index (χ2v) is 6.51. The van der Waals surface area contributed by atoms with E-state index < -0.39 is 0 Å². The molecular formula is C17H20N4O5. The molecule has 0 N–H and O–H groups in total. The Bertz CT molecular complexity index is 732. The maximum atomic E-state index is 12.7. The van der Waals surface area contributed by atoms with Gasteiger partial charge in [-0.15, -0.1) is 0 Å². The molecule has 0 bridgehead atoms. The predicted molar refractivity (Wildman–Crippen MR) is 89.7 cm³/mol. The number of nitrogens with zero attached hydrogens (tertiary/aromatic N) is 4. The molecule has 0 radical (unpaired) electrons. The lowest BCUT2D eigenvalue weighted by Gasteiger charge is -2.36. The zero-order valence-corrected chi connectivity index (χ0v) is 14.3. The van der Waals surface area contributed by atoms with Gasteiger partial charge in [0.25, 0.3) is 5.91 Å². The standard InChI is InChI=1S/C17H20N4O5/c22-14(10-21-15(23)11-26-13-2-1-5-18-16(13)21)19-6-3-12(4-7-19)20-8-9-25-17(20)24/h1-2,5,12H,3-4,6-11H2. The van der Waals surface area contributed by atoms with Crippen LogP contribution in [0, 0.1) is 0 Å². The van der Waals surface area contributed by atoms with Crippen LogP contribution >= 0.6 is 0 Å². The summed E-state index contributed by atoms with van der Waals surface area (Å²) >= 11 is 0. The van der Waals surface area contributed by atoms with Crippen molar-refractivity contribution in [2.45, 2.75) is 18.9 Å². The zero-order chi connectivity index (χ0) is 18.1. The monoisotopic (exact) mass is 360 g/mol. The molecule has 3 aliphatic heterocycles. The molecule has 4 heterocycles. The van der Waals surface area contributed by atoms with Crippen molar-refractivity contribution in [3.8, 4) is 5.75 Å². The summed E-state index contributed by atoms with van der Waals surface area (Å²) in [6, 6.07) is 3.57. The number of aromatic nitrogens is 1. The minimum atomic E-state index is -0.278. The lowest BCUT2D eigenvalue weighted by Crippen LogP contribution is -2.51. The summed E-state index contributed by atoms with van der Waals surface area (Å²) in [6.07, 6.45) is 2.73. The second-order valence-electron chi connectivity index (χ2n) is 6.51. The minimum Gasteiger partial charge on any atom is -0.480 e. The Morgan fingerprint density at radius 3 is 2.73 bits per heavy atom. The average Bonchev–Trinajstić information content (AvgIpc) is 3.10. The van der Waals surface area contributed by atoms with E-state index in [1.165, 1.54) is 4.90 Å². The fourth-order valence-corrected chi connectivity index (χ4v) is 3.60. The molecule has 1 aromatic heterocycles. The lowest BCUT2D eigenvalue weighted by molar-refractivity contribution is -0.133. The minimum absolute atomic E-state index is 0.0529. The SMILES string of the molecule is O=C(CN1C(=O)COc2cccnc21)N1CCC(N2CCOC2=O)CC1. The van der Waals surface area contributed by atoms with Gasteiger partial charge in [-0.25, -0.2) is 9.78 Å². The molecule has 9 heteroatoms. The molecule has 2 saturated heterocycles. The topological polar surface area (TPSA) is 92.3 Å². The normalized spacial score (nSPS) is 20.7. The van der Waals surface area contributed by atoms with Crippen LogP contribution < -0.4 is 9.64 Å². The Morgan fingerprint density at radius 1 is 1.19 bits per heavy atom. The maximum Gasteiger partial charge on any atom is 0.410 e. The zero-order valence-electron chi connectivity index (χ0n) is 14.3. The number of amides is 3. The van der Waals surface area contributed by atoms with Crippen LogP contribution in [-0.2, 0) is 14.3 Å².